The first-order valence-electron chi connectivity index (χ1n) is 8.56. The van der Waals surface area contributed by atoms with Crippen molar-refractivity contribution in [1.29, 1.82) is 0 Å². The van der Waals surface area contributed by atoms with Gasteiger partial charge in [-0.2, -0.15) is 0 Å². The molecule has 1 heterocycles. The normalized spacial score (nSPS) is 15.9. The van der Waals surface area contributed by atoms with Gasteiger partial charge in [0, 0.05) is 0 Å². The number of hydrogen-bond donors (Lipinski definition) is 0. The summed E-state index contributed by atoms with van der Waals surface area (Å²) in [4.78, 5) is 5.53. The molecule has 0 fully saturated rings. The number of ether oxygens (including phenoxy) is 2. The molecular weight excluding hydrogens is 326 g/mol. The Morgan fingerprint density at radius 3 is 2.12 bits per heavy atom. The summed E-state index contributed by atoms with van der Waals surface area (Å²) in [6.45, 7) is 2.04. The van der Waals surface area contributed by atoms with Crippen molar-refractivity contribution in [2.75, 3.05) is 0 Å². The molecule has 0 saturated heterocycles. The summed E-state index contributed by atoms with van der Waals surface area (Å²) in [5, 5.41) is 4.06. The number of nitrogens with zero attached hydrogens (tertiary/aromatic N) is 1. The number of oxime groups is 1. The van der Waals surface area contributed by atoms with Gasteiger partial charge in [-0.1, -0.05) is 53.2 Å². The van der Waals surface area contributed by atoms with Crippen molar-refractivity contribution in [3.05, 3.63) is 90.0 Å². The van der Waals surface area contributed by atoms with Crippen LogP contribution in [0.15, 0.2) is 84.0 Å². The van der Waals surface area contributed by atoms with Crippen LogP contribution in [0.25, 0.3) is 0 Å². The third-order valence-corrected chi connectivity index (χ3v) is 4.13. The zero-order valence-electron chi connectivity index (χ0n) is 14.5. The van der Waals surface area contributed by atoms with Gasteiger partial charge in [0.1, 0.15) is 17.2 Å². The number of rotatable bonds is 4. The lowest BCUT2D eigenvalue weighted by molar-refractivity contribution is 0.0855. The predicted molar refractivity (Wildman–Crippen MR) is 101 cm³/mol. The minimum absolute atomic E-state index is 0.138. The maximum absolute atomic E-state index is 5.81. The number of para-hydroxylation sites is 1. The first-order valence-corrected chi connectivity index (χ1v) is 8.56. The molecule has 130 valence electrons. The molecular formula is C22H19NO3. The van der Waals surface area contributed by atoms with Crippen LogP contribution in [-0.2, 0) is 4.84 Å². The van der Waals surface area contributed by atoms with E-state index in [1.165, 1.54) is 5.56 Å². The molecule has 0 aliphatic carbocycles. The zero-order chi connectivity index (χ0) is 17.8. The Labute approximate surface area is 152 Å². The van der Waals surface area contributed by atoms with Crippen LogP contribution in [0.2, 0.25) is 0 Å². The molecule has 3 aromatic rings. The number of aryl methyl sites for hydroxylation is 1. The standard InChI is InChI=1S/C22H19NO3/c1-16-7-11-20(12-8-16)25-22-15-21(26-23-22)17-9-13-19(14-10-17)24-18-5-3-2-4-6-18/h2-14,21H,15H2,1H3/t21-/m1/s1. The largest absolute Gasteiger partial charge is 0.457 e. The lowest BCUT2D eigenvalue weighted by Gasteiger charge is -2.10. The molecule has 0 bridgehead atoms. The maximum Gasteiger partial charge on any atom is 0.235 e. The van der Waals surface area contributed by atoms with Gasteiger partial charge in [0.05, 0.1) is 6.42 Å². The van der Waals surface area contributed by atoms with Crippen molar-refractivity contribution in [2.45, 2.75) is 19.4 Å². The fourth-order valence-corrected chi connectivity index (χ4v) is 2.71. The van der Waals surface area contributed by atoms with E-state index in [1.807, 2.05) is 85.8 Å². The second kappa shape index (κ2) is 7.31. The molecule has 26 heavy (non-hydrogen) atoms. The quantitative estimate of drug-likeness (QED) is 0.614. The van der Waals surface area contributed by atoms with Crippen molar-refractivity contribution >= 4 is 5.90 Å². The number of benzene rings is 3. The first-order chi connectivity index (χ1) is 12.8. The van der Waals surface area contributed by atoms with E-state index in [0.29, 0.717) is 12.3 Å². The van der Waals surface area contributed by atoms with Crippen molar-refractivity contribution in [3.63, 3.8) is 0 Å². The van der Waals surface area contributed by atoms with Gasteiger partial charge in [-0.05, 0) is 48.9 Å². The second-order valence-corrected chi connectivity index (χ2v) is 6.18. The monoisotopic (exact) mass is 345 g/mol. The lowest BCUT2D eigenvalue weighted by Crippen LogP contribution is -2.07. The Balaban J connectivity index is 1.36. The van der Waals surface area contributed by atoms with Gasteiger partial charge < -0.3 is 14.3 Å². The Bertz CT molecular complexity index is 887. The van der Waals surface area contributed by atoms with Crippen LogP contribution in [0.1, 0.15) is 23.7 Å². The molecule has 0 N–H and O–H groups in total. The average molecular weight is 345 g/mol. The van der Waals surface area contributed by atoms with Gasteiger partial charge in [0.2, 0.25) is 5.90 Å². The molecule has 0 amide bonds. The summed E-state index contributed by atoms with van der Waals surface area (Å²) in [5.74, 6) is 2.96. The highest BCUT2D eigenvalue weighted by molar-refractivity contribution is 5.79. The van der Waals surface area contributed by atoms with Crippen LogP contribution in [0, 0.1) is 6.92 Å². The maximum atomic E-state index is 5.81. The van der Waals surface area contributed by atoms with Gasteiger partial charge in [0.25, 0.3) is 0 Å². The average Bonchev–Trinajstić information content (AvgIpc) is 3.14. The molecule has 1 atom stereocenters. The molecule has 1 aliphatic heterocycles. The second-order valence-electron chi connectivity index (χ2n) is 6.18. The van der Waals surface area contributed by atoms with Crippen molar-refractivity contribution < 1.29 is 14.3 Å². The highest BCUT2D eigenvalue weighted by atomic mass is 16.7. The highest BCUT2D eigenvalue weighted by Gasteiger charge is 2.24. The summed E-state index contributed by atoms with van der Waals surface area (Å²) in [7, 11) is 0. The summed E-state index contributed by atoms with van der Waals surface area (Å²) in [6, 6.07) is 25.4. The molecule has 3 aromatic carbocycles. The fraction of sp³-hybridized carbons (Fsp3) is 0.136. The molecule has 4 rings (SSSR count). The van der Waals surface area contributed by atoms with E-state index >= 15 is 0 Å². The minimum Gasteiger partial charge on any atom is -0.457 e. The van der Waals surface area contributed by atoms with E-state index in [0.717, 1.165) is 22.8 Å². The molecule has 0 radical (unpaired) electrons. The van der Waals surface area contributed by atoms with E-state index in [1.54, 1.807) is 0 Å². The van der Waals surface area contributed by atoms with Gasteiger partial charge in [0.15, 0.2) is 6.10 Å². The SMILES string of the molecule is Cc1ccc(OC2=NO[C@@H](c3ccc(Oc4ccccc4)cc3)C2)cc1. The Morgan fingerprint density at radius 1 is 0.769 bits per heavy atom. The van der Waals surface area contributed by atoms with E-state index in [-0.39, 0.29) is 6.10 Å². The van der Waals surface area contributed by atoms with Crippen LogP contribution < -0.4 is 9.47 Å². The van der Waals surface area contributed by atoms with Crippen LogP contribution in [-0.4, -0.2) is 5.90 Å². The van der Waals surface area contributed by atoms with Crippen molar-refractivity contribution in [2.24, 2.45) is 5.16 Å². The summed E-state index contributed by atoms with van der Waals surface area (Å²) in [5.41, 5.74) is 2.23. The Kier molecular flexibility index (Phi) is 4.56. The van der Waals surface area contributed by atoms with E-state index < -0.39 is 0 Å². The number of hydrogen-bond acceptors (Lipinski definition) is 4. The van der Waals surface area contributed by atoms with Crippen LogP contribution in [0.4, 0.5) is 0 Å². The van der Waals surface area contributed by atoms with E-state index in [9.17, 15) is 0 Å². The van der Waals surface area contributed by atoms with Crippen molar-refractivity contribution in [3.8, 4) is 17.2 Å². The first kappa shape index (κ1) is 16.2. The molecule has 0 aromatic heterocycles. The summed E-state index contributed by atoms with van der Waals surface area (Å²) in [6.07, 6.45) is 0.466. The van der Waals surface area contributed by atoms with Crippen molar-refractivity contribution in [1.82, 2.24) is 0 Å². The molecule has 1 aliphatic rings. The van der Waals surface area contributed by atoms with Crippen LogP contribution >= 0.6 is 0 Å². The lowest BCUT2D eigenvalue weighted by atomic mass is 10.1. The minimum atomic E-state index is -0.138. The zero-order valence-corrected chi connectivity index (χ0v) is 14.5. The third kappa shape index (κ3) is 3.86. The molecule has 0 saturated carbocycles. The Hall–Kier alpha value is -3.27. The third-order valence-electron chi connectivity index (χ3n) is 4.13. The topological polar surface area (TPSA) is 40.0 Å². The fourth-order valence-electron chi connectivity index (χ4n) is 2.71. The summed E-state index contributed by atoms with van der Waals surface area (Å²) < 4.78 is 11.6. The van der Waals surface area contributed by atoms with Crippen LogP contribution in [0.3, 0.4) is 0 Å². The van der Waals surface area contributed by atoms with Gasteiger partial charge >= 0.3 is 0 Å². The van der Waals surface area contributed by atoms with Crippen LogP contribution in [0.5, 0.6) is 17.2 Å². The molecule has 0 unspecified atom stereocenters. The van der Waals surface area contributed by atoms with Gasteiger partial charge in [-0.15, -0.1) is 0 Å². The smallest absolute Gasteiger partial charge is 0.235 e. The predicted octanol–water partition coefficient (Wildman–Crippen LogP) is 5.64. The highest BCUT2D eigenvalue weighted by Crippen LogP contribution is 2.30. The summed E-state index contributed by atoms with van der Waals surface area (Å²) >= 11 is 0. The Morgan fingerprint density at radius 2 is 1.38 bits per heavy atom. The molecule has 0 spiro atoms. The van der Waals surface area contributed by atoms with E-state index in [4.69, 9.17) is 14.3 Å². The van der Waals surface area contributed by atoms with E-state index in [2.05, 4.69) is 5.16 Å². The van der Waals surface area contributed by atoms with Gasteiger partial charge in [-0.25, -0.2) is 0 Å². The van der Waals surface area contributed by atoms with Gasteiger partial charge in [-0.3, -0.25) is 0 Å². The molecule has 4 heteroatoms. The molecule has 4 nitrogen and oxygen atoms in total.